The van der Waals surface area contributed by atoms with Gasteiger partial charge in [0.15, 0.2) is 5.16 Å². The van der Waals surface area contributed by atoms with Crippen LogP contribution in [0.1, 0.15) is 26.9 Å². The predicted octanol–water partition coefficient (Wildman–Crippen LogP) is 4.09. The Kier molecular flexibility index (Phi) is 7.41. The molecule has 10 heteroatoms. The molecule has 0 unspecified atom stereocenters. The molecule has 1 aliphatic rings. The number of ether oxygens (including phenoxy) is 2. The van der Waals surface area contributed by atoms with Gasteiger partial charge in [-0.25, -0.2) is 4.98 Å². The maximum absolute atomic E-state index is 12.7. The van der Waals surface area contributed by atoms with Crippen molar-refractivity contribution in [2.75, 3.05) is 33.4 Å². The molecule has 4 aromatic rings. The number of amides is 1. The van der Waals surface area contributed by atoms with Crippen LogP contribution >= 0.6 is 23.1 Å². The molecule has 0 saturated carbocycles. The zero-order valence-corrected chi connectivity index (χ0v) is 20.9. The first kappa shape index (κ1) is 23.5. The van der Waals surface area contributed by atoms with Crippen LogP contribution in [0.15, 0.2) is 65.1 Å². The first-order valence-corrected chi connectivity index (χ1v) is 13.2. The molecular formula is C25H25N5O3S2. The van der Waals surface area contributed by atoms with E-state index in [0.29, 0.717) is 44.2 Å². The monoisotopic (exact) mass is 507 g/mol. The van der Waals surface area contributed by atoms with Crippen LogP contribution in [-0.4, -0.2) is 64.0 Å². The third kappa shape index (κ3) is 5.39. The minimum Gasteiger partial charge on any atom is -0.495 e. The number of para-hydroxylation sites is 2. The largest absolute Gasteiger partial charge is 0.495 e. The van der Waals surface area contributed by atoms with Gasteiger partial charge in [-0.3, -0.25) is 9.36 Å². The van der Waals surface area contributed by atoms with Crippen molar-refractivity contribution >= 4 is 29.0 Å². The number of methoxy groups -OCH3 is 1. The Morgan fingerprint density at radius 2 is 1.86 bits per heavy atom. The maximum atomic E-state index is 12.7. The van der Waals surface area contributed by atoms with E-state index >= 15 is 0 Å². The Morgan fingerprint density at radius 3 is 2.66 bits per heavy atom. The molecule has 0 aliphatic carbocycles. The fraction of sp³-hybridized carbons (Fsp3) is 0.280. The van der Waals surface area contributed by atoms with Crippen molar-refractivity contribution in [1.29, 1.82) is 0 Å². The van der Waals surface area contributed by atoms with Crippen LogP contribution < -0.4 is 4.74 Å². The van der Waals surface area contributed by atoms with Crippen molar-refractivity contribution in [3.05, 3.63) is 82.1 Å². The quantitative estimate of drug-likeness (QED) is 0.332. The van der Waals surface area contributed by atoms with E-state index in [1.54, 1.807) is 23.8 Å². The zero-order valence-electron chi connectivity index (χ0n) is 19.3. The summed E-state index contributed by atoms with van der Waals surface area (Å²) in [6, 6.07) is 18.1. The molecular weight excluding hydrogens is 482 g/mol. The molecule has 2 aromatic heterocycles. The third-order valence-electron chi connectivity index (χ3n) is 5.63. The highest BCUT2D eigenvalue weighted by atomic mass is 32.2. The number of benzene rings is 2. The van der Waals surface area contributed by atoms with Gasteiger partial charge in [0.1, 0.15) is 22.3 Å². The van der Waals surface area contributed by atoms with Gasteiger partial charge in [-0.15, -0.1) is 21.5 Å². The molecule has 2 aromatic carbocycles. The zero-order chi connectivity index (χ0) is 24.0. The Bertz CT molecular complexity index is 1290. The van der Waals surface area contributed by atoms with E-state index in [4.69, 9.17) is 9.47 Å². The molecule has 3 heterocycles. The highest BCUT2D eigenvalue weighted by molar-refractivity contribution is 7.98. The highest BCUT2D eigenvalue weighted by Crippen LogP contribution is 2.31. The van der Waals surface area contributed by atoms with E-state index in [2.05, 4.69) is 27.3 Å². The Labute approximate surface area is 211 Å². The van der Waals surface area contributed by atoms with Gasteiger partial charge in [0.2, 0.25) is 0 Å². The van der Waals surface area contributed by atoms with Gasteiger partial charge in [-0.2, -0.15) is 0 Å². The topological polar surface area (TPSA) is 82.4 Å². The number of thioether (sulfide) groups is 1. The molecule has 5 rings (SSSR count). The van der Waals surface area contributed by atoms with E-state index in [9.17, 15) is 4.79 Å². The number of carbonyl (C=O) groups excluding carboxylic acids is 1. The van der Waals surface area contributed by atoms with Gasteiger partial charge >= 0.3 is 0 Å². The number of morpholine rings is 1. The number of thiazole rings is 1. The van der Waals surface area contributed by atoms with Crippen molar-refractivity contribution in [3.63, 3.8) is 0 Å². The second kappa shape index (κ2) is 11.0. The van der Waals surface area contributed by atoms with Crippen molar-refractivity contribution in [1.82, 2.24) is 24.6 Å². The van der Waals surface area contributed by atoms with E-state index in [1.165, 1.54) is 11.3 Å². The molecule has 35 heavy (non-hydrogen) atoms. The summed E-state index contributed by atoms with van der Waals surface area (Å²) in [5.41, 5.74) is 2.53. The normalized spacial score (nSPS) is 13.7. The summed E-state index contributed by atoms with van der Waals surface area (Å²) in [6.45, 7) is 2.35. The standard InChI is InChI=1S/C25H25N5O3S2/c1-32-21-10-6-5-9-20(21)30-22(15-18-7-3-2-4-8-18)27-28-25(30)35-17-23-26-19(16-34-23)24(31)29-11-13-33-14-12-29/h2-10,16H,11-15,17H2,1H3. The van der Waals surface area contributed by atoms with Gasteiger partial charge < -0.3 is 14.4 Å². The number of hydrogen-bond acceptors (Lipinski definition) is 8. The second-order valence-corrected chi connectivity index (χ2v) is 9.77. The van der Waals surface area contributed by atoms with E-state index < -0.39 is 0 Å². The van der Waals surface area contributed by atoms with Gasteiger partial charge in [-0.1, -0.05) is 54.2 Å². The van der Waals surface area contributed by atoms with Crippen LogP contribution in [0.2, 0.25) is 0 Å². The summed E-state index contributed by atoms with van der Waals surface area (Å²) in [5, 5.41) is 12.5. The van der Waals surface area contributed by atoms with Gasteiger partial charge in [0.25, 0.3) is 5.91 Å². The number of aromatic nitrogens is 4. The fourth-order valence-corrected chi connectivity index (χ4v) is 5.62. The van der Waals surface area contributed by atoms with Gasteiger partial charge in [0.05, 0.1) is 31.8 Å². The second-order valence-electron chi connectivity index (χ2n) is 7.89. The van der Waals surface area contributed by atoms with Crippen molar-refractivity contribution < 1.29 is 14.3 Å². The van der Waals surface area contributed by atoms with Crippen LogP contribution in [0.5, 0.6) is 5.75 Å². The van der Waals surface area contributed by atoms with E-state index in [1.807, 2.05) is 52.4 Å². The van der Waals surface area contributed by atoms with Crippen LogP contribution in [0.4, 0.5) is 0 Å². The fourth-order valence-electron chi connectivity index (χ4n) is 3.87. The molecule has 0 N–H and O–H groups in total. The third-order valence-corrected chi connectivity index (χ3v) is 7.60. The maximum Gasteiger partial charge on any atom is 0.273 e. The number of hydrogen-bond donors (Lipinski definition) is 0. The summed E-state index contributed by atoms with van der Waals surface area (Å²) in [5.74, 6) is 2.12. The summed E-state index contributed by atoms with van der Waals surface area (Å²) >= 11 is 3.03. The highest BCUT2D eigenvalue weighted by Gasteiger charge is 2.22. The van der Waals surface area contributed by atoms with Crippen molar-refractivity contribution in [2.45, 2.75) is 17.3 Å². The minimum atomic E-state index is -0.0388. The average molecular weight is 508 g/mol. The average Bonchev–Trinajstić information content (AvgIpc) is 3.55. The molecule has 1 fully saturated rings. The minimum absolute atomic E-state index is 0.0388. The molecule has 0 bridgehead atoms. The van der Waals surface area contributed by atoms with Crippen LogP contribution in [-0.2, 0) is 16.9 Å². The lowest BCUT2D eigenvalue weighted by Gasteiger charge is -2.25. The van der Waals surface area contributed by atoms with Gasteiger partial charge in [0, 0.05) is 24.9 Å². The number of carbonyl (C=O) groups is 1. The van der Waals surface area contributed by atoms with Crippen molar-refractivity contribution in [2.24, 2.45) is 0 Å². The summed E-state index contributed by atoms with van der Waals surface area (Å²) < 4.78 is 13.0. The van der Waals surface area contributed by atoms with Crippen LogP contribution in [0.25, 0.3) is 5.69 Å². The Hall–Kier alpha value is -3.21. The lowest BCUT2D eigenvalue weighted by atomic mass is 10.1. The van der Waals surface area contributed by atoms with Crippen molar-refractivity contribution in [3.8, 4) is 11.4 Å². The lowest BCUT2D eigenvalue weighted by molar-refractivity contribution is 0.0299. The molecule has 8 nitrogen and oxygen atoms in total. The molecule has 0 atom stereocenters. The molecule has 1 amide bonds. The molecule has 0 spiro atoms. The first-order valence-electron chi connectivity index (χ1n) is 11.3. The number of rotatable bonds is 8. The molecule has 1 aliphatic heterocycles. The SMILES string of the molecule is COc1ccccc1-n1c(Cc2ccccc2)nnc1SCc1nc(C(=O)N2CCOCC2)cs1. The summed E-state index contributed by atoms with van der Waals surface area (Å²) in [4.78, 5) is 19.1. The smallest absolute Gasteiger partial charge is 0.273 e. The lowest BCUT2D eigenvalue weighted by Crippen LogP contribution is -2.40. The van der Waals surface area contributed by atoms with Gasteiger partial charge in [-0.05, 0) is 17.7 Å². The first-order chi connectivity index (χ1) is 17.2. The molecule has 1 saturated heterocycles. The van der Waals surface area contributed by atoms with E-state index in [-0.39, 0.29) is 5.91 Å². The Balaban J connectivity index is 1.38. The van der Waals surface area contributed by atoms with Crippen LogP contribution in [0, 0.1) is 0 Å². The Morgan fingerprint density at radius 1 is 1.09 bits per heavy atom. The molecule has 0 radical (unpaired) electrons. The van der Waals surface area contributed by atoms with E-state index in [0.717, 1.165) is 33.0 Å². The van der Waals surface area contributed by atoms with Crippen LogP contribution in [0.3, 0.4) is 0 Å². The molecule has 180 valence electrons. The summed E-state index contributed by atoms with van der Waals surface area (Å²) in [7, 11) is 1.66. The predicted molar refractivity (Wildman–Crippen MR) is 136 cm³/mol. The number of nitrogens with zero attached hydrogens (tertiary/aromatic N) is 5. The summed E-state index contributed by atoms with van der Waals surface area (Å²) in [6.07, 6.45) is 0.641.